The monoisotopic (exact) mass is 395 g/mol. The average molecular weight is 396 g/mol. The van der Waals surface area contributed by atoms with Crippen molar-refractivity contribution in [2.45, 2.75) is 19.8 Å². The van der Waals surface area contributed by atoms with Crippen molar-refractivity contribution in [1.29, 1.82) is 0 Å². The van der Waals surface area contributed by atoms with Crippen LogP contribution in [-0.4, -0.2) is 41.3 Å². The molecule has 0 radical (unpaired) electrons. The molecule has 1 fully saturated rings. The molecule has 0 unspecified atom stereocenters. The molecule has 2 heterocycles. The van der Waals surface area contributed by atoms with Gasteiger partial charge in [-0.25, -0.2) is 4.39 Å². The number of fused-ring (bicyclic) bond motifs is 1. The van der Waals surface area contributed by atoms with Crippen molar-refractivity contribution in [1.82, 2.24) is 15.2 Å². The number of rotatable bonds is 3. The second-order valence-corrected chi connectivity index (χ2v) is 7.12. The first-order valence-electron chi connectivity index (χ1n) is 7.95. The maximum absolute atomic E-state index is 14.0. The minimum atomic E-state index is -0.358. The lowest BCUT2D eigenvalue weighted by molar-refractivity contribution is -0.119. The van der Waals surface area contributed by atoms with Crippen LogP contribution in [0.3, 0.4) is 0 Å². The molecule has 2 N–H and O–H groups in total. The fourth-order valence-electron chi connectivity index (χ4n) is 3.07. The van der Waals surface area contributed by atoms with E-state index in [1.165, 1.54) is 13.0 Å². The Morgan fingerprint density at radius 3 is 2.71 bits per heavy atom. The summed E-state index contributed by atoms with van der Waals surface area (Å²) in [5, 5.41) is 3.24. The highest BCUT2D eigenvalue weighted by molar-refractivity contribution is 9.10. The first-order chi connectivity index (χ1) is 11.4. The van der Waals surface area contributed by atoms with Gasteiger partial charge in [0.15, 0.2) is 0 Å². The Morgan fingerprint density at radius 2 is 2.04 bits per heavy atom. The van der Waals surface area contributed by atoms with Crippen LogP contribution < -0.4 is 5.32 Å². The summed E-state index contributed by atoms with van der Waals surface area (Å²) in [6, 6.07) is 4.72. The fourth-order valence-corrected chi connectivity index (χ4v) is 3.50. The van der Waals surface area contributed by atoms with Gasteiger partial charge >= 0.3 is 0 Å². The number of carbonyl (C=O) groups is 2. The van der Waals surface area contributed by atoms with E-state index in [9.17, 15) is 14.0 Å². The number of nitrogens with one attached hydrogen (secondary N) is 2. The SMILES string of the molecule is CC(=O)NCC1CCN(C(=O)c2cc3c(F)cc(Br)cc3[nH]2)CC1. The maximum Gasteiger partial charge on any atom is 0.270 e. The van der Waals surface area contributed by atoms with Crippen molar-refractivity contribution < 1.29 is 14.0 Å². The molecule has 0 spiro atoms. The third kappa shape index (κ3) is 3.61. The Morgan fingerprint density at radius 1 is 1.33 bits per heavy atom. The van der Waals surface area contributed by atoms with Crippen LogP contribution in [-0.2, 0) is 4.79 Å². The van der Waals surface area contributed by atoms with Crippen LogP contribution in [0.5, 0.6) is 0 Å². The molecule has 1 aliphatic heterocycles. The highest BCUT2D eigenvalue weighted by Crippen LogP contribution is 2.25. The highest BCUT2D eigenvalue weighted by Gasteiger charge is 2.25. The summed E-state index contributed by atoms with van der Waals surface area (Å²) in [6.45, 7) is 3.45. The van der Waals surface area contributed by atoms with E-state index in [1.54, 1.807) is 17.0 Å². The van der Waals surface area contributed by atoms with Gasteiger partial charge in [-0.05, 0) is 37.0 Å². The predicted molar refractivity (Wildman–Crippen MR) is 93.3 cm³/mol. The number of nitrogens with zero attached hydrogens (tertiary/aromatic N) is 1. The van der Waals surface area contributed by atoms with Crippen molar-refractivity contribution in [3.8, 4) is 0 Å². The predicted octanol–water partition coefficient (Wildman–Crippen LogP) is 3.06. The average Bonchev–Trinajstić information content (AvgIpc) is 2.97. The molecule has 1 aliphatic rings. The second-order valence-electron chi connectivity index (χ2n) is 6.20. The van der Waals surface area contributed by atoms with E-state index >= 15 is 0 Å². The molecule has 0 saturated carbocycles. The normalized spacial score (nSPS) is 15.7. The summed E-state index contributed by atoms with van der Waals surface area (Å²) < 4.78 is 14.6. The van der Waals surface area contributed by atoms with E-state index in [2.05, 4.69) is 26.2 Å². The minimum absolute atomic E-state index is 0.0280. The quantitative estimate of drug-likeness (QED) is 0.838. The molecular formula is C17H19BrFN3O2. The Kier molecular flexibility index (Phi) is 4.89. The number of aromatic nitrogens is 1. The van der Waals surface area contributed by atoms with Crippen LogP contribution in [0.1, 0.15) is 30.3 Å². The number of amides is 2. The lowest BCUT2D eigenvalue weighted by atomic mass is 9.96. The summed E-state index contributed by atoms with van der Waals surface area (Å²) in [6.07, 6.45) is 1.71. The van der Waals surface area contributed by atoms with Crippen molar-refractivity contribution in [3.05, 3.63) is 34.2 Å². The van der Waals surface area contributed by atoms with Crippen LogP contribution in [0, 0.1) is 11.7 Å². The third-order valence-electron chi connectivity index (χ3n) is 4.42. The molecule has 0 atom stereocenters. The van der Waals surface area contributed by atoms with Gasteiger partial charge in [-0.15, -0.1) is 0 Å². The second kappa shape index (κ2) is 6.93. The molecule has 1 aromatic carbocycles. The number of aromatic amines is 1. The Hall–Kier alpha value is -1.89. The number of carbonyl (C=O) groups excluding carboxylic acids is 2. The molecule has 128 valence electrons. The molecule has 7 heteroatoms. The van der Waals surface area contributed by atoms with E-state index in [-0.39, 0.29) is 17.6 Å². The van der Waals surface area contributed by atoms with Crippen LogP contribution in [0.15, 0.2) is 22.7 Å². The van der Waals surface area contributed by atoms with Crippen molar-refractivity contribution in [3.63, 3.8) is 0 Å². The van der Waals surface area contributed by atoms with Gasteiger partial charge in [0.1, 0.15) is 11.5 Å². The molecule has 24 heavy (non-hydrogen) atoms. The number of benzene rings is 1. The number of hydrogen-bond donors (Lipinski definition) is 2. The Balaban J connectivity index is 1.67. The molecule has 1 saturated heterocycles. The summed E-state index contributed by atoms with van der Waals surface area (Å²) in [5.74, 6) is -0.0998. The van der Waals surface area contributed by atoms with Gasteiger partial charge in [0.05, 0.1) is 5.52 Å². The topological polar surface area (TPSA) is 65.2 Å². The van der Waals surface area contributed by atoms with Gasteiger partial charge in [-0.2, -0.15) is 0 Å². The first-order valence-corrected chi connectivity index (χ1v) is 8.75. The number of H-pyrrole nitrogens is 1. The highest BCUT2D eigenvalue weighted by atomic mass is 79.9. The zero-order chi connectivity index (χ0) is 17.3. The number of hydrogen-bond acceptors (Lipinski definition) is 2. The van der Waals surface area contributed by atoms with Crippen LogP contribution in [0.4, 0.5) is 4.39 Å². The molecule has 0 bridgehead atoms. The van der Waals surface area contributed by atoms with Crippen LogP contribution in [0.25, 0.3) is 10.9 Å². The molecule has 3 rings (SSSR count). The van der Waals surface area contributed by atoms with Gasteiger partial charge in [0.2, 0.25) is 5.91 Å². The van der Waals surface area contributed by atoms with E-state index in [0.29, 0.717) is 46.6 Å². The van der Waals surface area contributed by atoms with E-state index < -0.39 is 0 Å². The van der Waals surface area contributed by atoms with Crippen LogP contribution in [0.2, 0.25) is 0 Å². The standard InChI is InChI=1S/C17H19BrFN3O2/c1-10(23)20-9-11-2-4-22(5-3-11)17(24)16-8-13-14(19)6-12(18)7-15(13)21-16/h6-8,11,21H,2-5,9H2,1H3,(H,20,23). The van der Waals surface area contributed by atoms with E-state index in [1.807, 2.05) is 0 Å². The summed E-state index contributed by atoms with van der Waals surface area (Å²) in [5.41, 5.74) is 1.01. The third-order valence-corrected chi connectivity index (χ3v) is 4.88. The van der Waals surface area contributed by atoms with Gasteiger partial charge in [-0.1, -0.05) is 15.9 Å². The maximum atomic E-state index is 14.0. The largest absolute Gasteiger partial charge is 0.356 e. The van der Waals surface area contributed by atoms with Crippen molar-refractivity contribution in [2.24, 2.45) is 5.92 Å². The molecular weight excluding hydrogens is 377 g/mol. The lowest BCUT2D eigenvalue weighted by Crippen LogP contribution is -2.41. The Labute approximate surface area is 147 Å². The summed E-state index contributed by atoms with van der Waals surface area (Å²) >= 11 is 3.25. The summed E-state index contributed by atoms with van der Waals surface area (Å²) in [7, 11) is 0. The van der Waals surface area contributed by atoms with E-state index in [0.717, 1.165) is 12.8 Å². The first kappa shape index (κ1) is 17.0. The van der Waals surface area contributed by atoms with E-state index in [4.69, 9.17) is 0 Å². The van der Waals surface area contributed by atoms with Gasteiger partial charge < -0.3 is 15.2 Å². The molecule has 5 nitrogen and oxygen atoms in total. The molecule has 2 amide bonds. The molecule has 1 aromatic heterocycles. The Bertz CT molecular complexity index is 781. The zero-order valence-corrected chi connectivity index (χ0v) is 15.0. The number of halogens is 2. The van der Waals surface area contributed by atoms with Gasteiger partial charge in [0, 0.05) is 36.4 Å². The van der Waals surface area contributed by atoms with Crippen LogP contribution >= 0.6 is 15.9 Å². The fraction of sp³-hybridized carbons (Fsp3) is 0.412. The minimum Gasteiger partial charge on any atom is -0.356 e. The molecule has 2 aromatic rings. The number of likely N-dealkylation sites (tertiary alicyclic amines) is 1. The van der Waals surface area contributed by atoms with Gasteiger partial charge in [0.25, 0.3) is 5.91 Å². The lowest BCUT2D eigenvalue weighted by Gasteiger charge is -2.31. The van der Waals surface area contributed by atoms with Gasteiger partial charge in [-0.3, -0.25) is 9.59 Å². The van der Waals surface area contributed by atoms with Crippen molar-refractivity contribution in [2.75, 3.05) is 19.6 Å². The number of piperidine rings is 1. The summed E-state index contributed by atoms with van der Waals surface area (Å²) in [4.78, 5) is 28.4. The molecule has 0 aliphatic carbocycles. The zero-order valence-electron chi connectivity index (χ0n) is 13.4. The smallest absolute Gasteiger partial charge is 0.270 e. The van der Waals surface area contributed by atoms with Crippen molar-refractivity contribution >= 4 is 38.6 Å².